The van der Waals surface area contributed by atoms with Crippen molar-refractivity contribution in [3.05, 3.63) is 47.5 Å². The monoisotopic (exact) mass is 308 g/mol. The zero-order valence-corrected chi connectivity index (χ0v) is 12.1. The summed E-state index contributed by atoms with van der Waals surface area (Å²) in [6.07, 6.45) is -2.87. The number of aliphatic hydroxyl groups excluding tert-OH is 1. The molecule has 0 spiro atoms. The Labute approximate surface area is 126 Å². The van der Waals surface area contributed by atoms with Crippen molar-refractivity contribution in [3.8, 4) is 0 Å². The van der Waals surface area contributed by atoms with Crippen molar-refractivity contribution in [3.63, 3.8) is 0 Å². The number of ether oxygens (including phenoxy) is 2. The number of rotatable bonds is 6. The van der Waals surface area contributed by atoms with Gasteiger partial charge in [-0.3, -0.25) is 0 Å². The second-order valence-corrected chi connectivity index (χ2v) is 4.55. The average Bonchev–Trinajstić information content (AvgIpc) is 2.45. The van der Waals surface area contributed by atoms with Crippen LogP contribution in [0.3, 0.4) is 0 Å². The van der Waals surface area contributed by atoms with E-state index in [1.54, 1.807) is 0 Å². The van der Waals surface area contributed by atoms with E-state index < -0.39 is 30.3 Å². The number of benzene rings is 1. The third kappa shape index (κ3) is 4.42. The fraction of sp³-hybridized carbons (Fsp3) is 0.267. The smallest absolute Gasteiger partial charge is 0.342 e. The Morgan fingerprint density at radius 1 is 1.14 bits per heavy atom. The summed E-state index contributed by atoms with van der Waals surface area (Å²) in [5.74, 6) is -3.18. The van der Waals surface area contributed by atoms with Gasteiger partial charge in [-0.15, -0.1) is 0 Å². The minimum atomic E-state index is -1.57. The van der Waals surface area contributed by atoms with Crippen molar-refractivity contribution in [2.24, 2.45) is 0 Å². The SMILES string of the molecule is C=C(C)C(=O)OC(OC(=O)c1ccccc1C(=O)O)C(C)O. The number of carbonyl (C=O) groups excluding carboxylic acids is 2. The largest absolute Gasteiger partial charge is 0.478 e. The van der Waals surface area contributed by atoms with Crippen LogP contribution >= 0.6 is 0 Å². The first-order valence-electron chi connectivity index (χ1n) is 6.32. The Morgan fingerprint density at radius 3 is 2.14 bits per heavy atom. The summed E-state index contributed by atoms with van der Waals surface area (Å²) in [6, 6.07) is 5.40. The van der Waals surface area contributed by atoms with Crippen LogP contribution in [0.15, 0.2) is 36.4 Å². The zero-order chi connectivity index (χ0) is 16.9. The van der Waals surface area contributed by atoms with Crippen LogP contribution in [0.4, 0.5) is 0 Å². The van der Waals surface area contributed by atoms with Gasteiger partial charge in [-0.2, -0.15) is 0 Å². The van der Waals surface area contributed by atoms with Crippen molar-refractivity contribution in [1.29, 1.82) is 0 Å². The van der Waals surface area contributed by atoms with Gasteiger partial charge in [0.05, 0.1) is 11.1 Å². The van der Waals surface area contributed by atoms with Crippen molar-refractivity contribution in [1.82, 2.24) is 0 Å². The zero-order valence-electron chi connectivity index (χ0n) is 12.1. The molecule has 0 aliphatic carbocycles. The van der Waals surface area contributed by atoms with Crippen LogP contribution in [0.5, 0.6) is 0 Å². The summed E-state index contributed by atoms with van der Waals surface area (Å²) < 4.78 is 9.66. The van der Waals surface area contributed by atoms with E-state index in [4.69, 9.17) is 14.6 Å². The Balaban J connectivity index is 2.95. The molecule has 2 unspecified atom stereocenters. The van der Waals surface area contributed by atoms with E-state index in [1.807, 2.05) is 0 Å². The number of carbonyl (C=O) groups is 3. The predicted octanol–water partition coefficient (Wildman–Crippen LogP) is 1.37. The Kier molecular flexibility index (Phi) is 5.82. The highest BCUT2D eigenvalue weighted by Crippen LogP contribution is 2.14. The van der Waals surface area contributed by atoms with E-state index >= 15 is 0 Å². The van der Waals surface area contributed by atoms with Crippen LogP contribution in [0.1, 0.15) is 34.6 Å². The molecule has 0 bridgehead atoms. The molecule has 7 nitrogen and oxygen atoms in total. The number of aromatic carboxylic acids is 1. The van der Waals surface area contributed by atoms with Gasteiger partial charge in [0.15, 0.2) is 0 Å². The van der Waals surface area contributed by atoms with E-state index in [0.717, 1.165) is 0 Å². The van der Waals surface area contributed by atoms with Crippen molar-refractivity contribution < 1.29 is 34.1 Å². The topological polar surface area (TPSA) is 110 Å². The van der Waals surface area contributed by atoms with Gasteiger partial charge in [-0.05, 0) is 26.0 Å². The number of aliphatic hydroxyl groups is 1. The van der Waals surface area contributed by atoms with Gasteiger partial charge in [0, 0.05) is 5.57 Å². The fourth-order valence-electron chi connectivity index (χ4n) is 1.44. The first-order valence-corrected chi connectivity index (χ1v) is 6.32. The molecule has 0 saturated carbocycles. The minimum absolute atomic E-state index is 0.0626. The van der Waals surface area contributed by atoms with Gasteiger partial charge in [0.25, 0.3) is 6.29 Å². The molecule has 0 heterocycles. The molecule has 0 aromatic heterocycles. The number of esters is 2. The molecule has 1 aromatic rings. The minimum Gasteiger partial charge on any atom is -0.478 e. The third-order valence-corrected chi connectivity index (χ3v) is 2.57. The third-order valence-electron chi connectivity index (χ3n) is 2.57. The van der Waals surface area contributed by atoms with Gasteiger partial charge < -0.3 is 19.7 Å². The van der Waals surface area contributed by atoms with Crippen molar-refractivity contribution in [2.45, 2.75) is 26.2 Å². The fourth-order valence-corrected chi connectivity index (χ4v) is 1.44. The van der Waals surface area contributed by atoms with Crippen LogP contribution in [0.25, 0.3) is 0 Å². The highest BCUT2D eigenvalue weighted by atomic mass is 16.7. The lowest BCUT2D eigenvalue weighted by Gasteiger charge is -2.20. The quantitative estimate of drug-likeness (QED) is 0.464. The highest BCUT2D eigenvalue weighted by molar-refractivity contribution is 6.02. The molecule has 0 saturated heterocycles. The lowest BCUT2D eigenvalue weighted by atomic mass is 10.1. The molecule has 2 atom stereocenters. The lowest BCUT2D eigenvalue weighted by molar-refractivity contribution is -0.181. The van der Waals surface area contributed by atoms with Gasteiger partial charge >= 0.3 is 17.9 Å². The summed E-state index contributed by atoms with van der Waals surface area (Å²) >= 11 is 0. The van der Waals surface area contributed by atoms with E-state index in [0.29, 0.717) is 0 Å². The second-order valence-electron chi connectivity index (χ2n) is 4.55. The van der Waals surface area contributed by atoms with Crippen LogP contribution in [0, 0.1) is 0 Å². The Bertz CT molecular complexity index is 604. The summed E-state index contributed by atoms with van der Waals surface area (Å²) in [4.78, 5) is 34.5. The van der Waals surface area contributed by atoms with Crippen molar-refractivity contribution >= 4 is 17.9 Å². The molecule has 0 amide bonds. The lowest BCUT2D eigenvalue weighted by Crippen LogP contribution is -2.34. The van der Waals surface area contributed by atoms with Gasteiger partial charge in [-0.25, -0.2) is 14.4 Å². The van der Waals surface area contributed by atoms with E-state index in [2.05, 4.69) is 6.58 Å². The van der Waals surface area contributed by atoms with Gasteiger partial charge in [0.1, 0.15) is 6.10 Å². The predicted molar refractivity (Wildman–Crippen MR) is 75.2 cm³/mol. The standard InChI is InChI=1S/C15H16O7/c1-8(2)13(19)21-15(9(3)16)22-14(20)11-7-5-4-6-10(11)12(17)18/h4-7,9,15-16H,1H2,2-3H3,(H,17,18). The molecule has 0 aliphatic heterocycles. The maximum Gasteiger partial charge on any atom is 0.342 e. The number of carboxylic acid groups (broad SMARTS) is 1. The van der Waals surface area contributed by atoms with Crippen LogP contribution in [0.2, 0.25) is 0 Å². The maximum atomic E-state index is 12.0. The first-order chi connectivity index (χ1) is 10.2. The van der Waals surface area contributed by atoms with Gasteiger partial charge in [-0.1, -0.05) is 18.7 Å². The Morgan fingerprint density at radius 2 is 1.68 bits per heavy atom. The summed E-state index contributed by atoms with van der Waals surface area (Å²) in [7, 11) is 0. The molecule has 118 valence electrons. The number of hydrogen-bond donors (Lipinski definition) is 2. The average molecular weight is 308 g/mol. The van der Waals surface area contributed by atoms with Crippen LogP contribution in [-0.4, -0.2) is 40.5 Å². The molecule has 0 aliphatic rings. The summed E-state index contributed by atoms with van der Waals surface area (Å²) in [5.41, 5.74) is -0.414. The normalized spacial score (nSPS) is 12.9. The molecular formula is C15H16O7. The summed E-state index contributed by atoms with van der Waals surface area (Å²) in [6.45, 7) is 6.02. The molecular weight excluding hydrogens is 292 g/mol. The van der Waals surface area contributed by atoms with Crippen LogP contribution in [-0.2, 0) is 14.3 Å². The molecule has 22 heavy (non-hydrogen) atoms. The molecule has 2 N–H and O–H groups in total. The highest BCUT2D eigenvalue weighted by Gasteiger charge is 2.27. The Hall–Kier alpha value is -2.67. The molecule has 7 heteroatoms. The van der Waals surface area contributed by atoms with Crippen molar-refractivity contribution in [2.75, 3.05) is 0 Å². The first kappa shape index (κ1) is 17.4. The van der Waals surface area contributed by atoms with E-state index in [9.17, 15) is 19.5 Å². The van der Waals surface area contributed by atoms with E-state index in [-0.39, 0.29) is 16.7 Å². The molecule has 0 fully saturated rings. The molecule has 1 aromatic carbocycles. The van der Waals surface area contributed by atoms with Gasteiger partial charge in [0.2, 0.25) is 0 Å². The second kappa shape index (κ2) is 7.37. The van der Waals surface area contributed by atoms with E-state index in [1.165, 1.54) is 38.1 Å². The number of carboxylic acids is 1. The maximum absolute atomic E-state index is 12.0. The summed E-state index contributed by atoms with van der Waals surface area (Å²) in [5, 5.41) is 18.5. The molecule has 0 radical (unpaired) electrons. The van der Waals surface area contributed by atoms with Crippen LogP contribution < -0.4 is 0 Å². The number of hydrogen-bond acceptors (Lipinski definition) is 6. The molecule has 1 rings (SSSR count).